The second-order valence-electron chi connectivity index (χ2n) is 8.20. The van der Waals surface area contributed by atoms with Crippen LogP contribution in [0, 0.1) is 0 Å². The van der Waals surface area contributed by atoms with Gasteiger partial charge in [0.25, 0.3) is 0 Å². The fourth-order valence-electron chi connectivity index (χ4n) is 3.51. The van der Waals surface area contributed by atoms with E-state index in [2.05, 4.69) is 32.9 Å². The van der Waals surface area contributed by atoms with E-state index in [4.69, 9.17) is 19.4 Å². The highest BCUT2D eigenvalue weighted by Gasteiger charge is 2.22. The Hall–Kier alpha value is -3.53. The third-order valence-corrected chi connectivity index (χ3v) is 4.98. The van der Waals surface area contributed by atoms with Gasteiger partial charge in [0.2, 0.25) is 0 Å². The quantitative estimate of drug-likeness (QED) is 0.356. The Morgan fingerprint density at radius 2 is 1.34 bits per heavy atom. The van der Waals surface area contributed by atoms with Crippen LogP contribution in [-0.4, -0.2) is 15.0 Å². The Balaban J connectivity index is 1.82. The lowest BCUT2D eigenvalue weighted by Crippen LogP contribution is -2.18. The van der Waals surface area contributed by atoms with E-state index in [9.17, 15) is 0 Å². The Bertz CT molecular complexity index is 1330. The number of aromatic nitrogens is 3. The van der Waals surface area contributed by atoms with Crippen LogP contribution in [0.1, 0.15) is 26.6 Å². The molecule has 0 aliphatic heterocycles. The zero-order chi connectivity index (χ0) is 20.0. The molecule has 5 aromatic rings. The lowest BCUT2D eigenvalue weighted by molar-refractivity contribution is 0.543. The molecule has 0 bridgehead atoms. The van der Waals surface area contributed by atoms with Gasteiger partial charge in [-0.05, 0) is 12.1 Å². The summed E-state index contributed by atoms with van der Waals surface area (Å²) >= 11 is 0. The van der Waals surface area contributed by atoms with Gasteiger partial charge in [-0.1, -0.05) is 81.4 Å². The minimum Gasteiger partial charge on any atom is -0.456 e. The summed E-state index contributed by atoms with van der Waals surface area (Å²) in [4.78, 5) is 14.5. The van der Waals surface area contributed by atoms with Crippen molar-refractivity contribution in [3.05, 3.63) is 78.6 Å². The van der Waals surface area contributed by atoms with Gasteiger partial charge >= 0.3 is 0 Å². The molecule has 0 amide bonds. The second-order valence-corrected chi connectivity index (χ2v) is 8.20. The largest absolute Gasteiger partial charge is 0.456 e. The maximum absolute atomic E-state index is 6.06. The van der Waals surface area contributed by atoms with E-state index < -0.39 is 0 Å². The summed E-state index contributed by atoms with van der Waals surface area (Å²) in [5.41, 5.74) is 3.43. The van der Waals surface area contributed by atoms with Crippen LogP contribution in [0.5, 0.6) is 0 Å². The highest BCUT2D eigenvalue weighted by atomic mass is 16.3. The van der Waals surface area contributed by atoms with Gasteiger partial charge < -0.3 is 4.42 Å². The molecule has 5 rings (SSSR count). The summed E-state index contributed by atoms with van der Waals surface area (Å²) < 4.78 is 6.06. The first-order valence-electron chi connectivity index (χ1n) is 9.73. The predicted molar refractivity (Wildman–Crippen MR) is 117 cm³/mol. The molecule has 142 valence electrons. The van der Waals surface area contributed by atoms with Crippen molar-refractivity contribution in [1.82, 2.24) is 15.0 Å². The zero-order valence-electron chi connectivity index (χ0n) is 16.7. The number of rotatable bonds is 2. The highest BCUT2D eigenvalue weighted by Crippen LogP contribution is 2.36. The van der Waals surface area contributed by atoms with E-state index in [0.29, 0.717) is 11.6 Å². The molecule has 0 N–H and O–H groups in total. The third kappa shape index (κ3) is 3.07. The van der Waals surface area contributed by atoms with Gasteiger partial charge in [-0.3, -0.25) is 0 Å². The van der Waals surface area contributed by atoms with Crippen LogP contribution >= 0.6 is 0 Å². The number of nitrogens with zero attached hydrogens (tertiary/aromatic N) is 3. The average Bonchev–Trinajstić information content (AvgIpc) is 3.12. The molecule has 0 aliphatic carbocycles. The van der Waals surface area contributed by atoms with E-state index in [1.165, 1.54) is 0 Å². The van der Waals surface area contributed by atoms with Crippen LogP contribution in [0.3, 0.4) is 0 Å². The van der Waals surface area contributed by atoms with Gasteiger partial charge in [-0.25, -0.2) is 15.0 Å². The lowest BCUT2D eigenvalue weighted by Gasteiger charge is -2.18. The van der Waals surface area contributed by atoms with E-state index in [1.54, 1.807) is 0 Å². The van der Waals surface area contributed by atoms with Gasteiger partial charge in [0, 0.05) is 27.3 Å². The van der Waals surface area contributed by atoms with Crippen molar-refractivity contribution < 1.29 is 4.42 Å². The van der Waals surface area contributed by atoms with E-state index in [0.717, 1.165) is 38.9 Å². The minimum atomic E-state index is -0.201. The molecule has 4 nitrogen and oxygen atoms in total. The van der Waals surface area contributed by atoms with Crippen LogP contribution in [0.25, 0.3) is 44.7 Å². The van der Waals surface area contributed by atoms with Crippen LogP contribution in [-0.2, 0) is 5.41 Å². The smallest absolute Gasteiger partial charge is 0.164 e. The van der Waals surface area contributed by atoms with Crippen molar-refractivity contribution in [1.29, 1.82) is 0 Å². The van der Waals surface area contributed by atoms with Crippen LogP contribution in [0.2, 0.25) is 0 Å². The molecule has 0 radical (unpaired) electrons. The van der Waals surface area contributed by atoms with Crippen molar-refractivity contribution in [3.8, 4) is 22.8 Å². The molecule has 0 spiro atoms. The van der Waals surface area contributed by atoms with Crippen molar-refractivity contribution >= 4 is 21.9 Å². The SMILES string of the molecule is CC(C)(C)c1nc(-c2ccccc2)nc(-c2cccc3oc4ccccc4c23)n1. The fraction of sp³-hybridized carbons (Fsp3) is 0.160. The fourth-order valence-corrected chi connectivity index (χ4v) is 3.51. The van der Waals surface area contributed by atoms with Crippen molar-refractivity contribution in [2.75, 3.05) is 0 Å². The predicted octanol–water partition coefficient (Wildman–Crippen LogP) is 6.40. The molecular formula is C25H21N3O. The molecule has 29 heavy (non-hydrogen) atoms. The summed E-state index contributed by atoms with van der Waals surface area (Å²) in [5, 5.41) is 2.10. The Morgan fingerprint density at radius 1 is 0.655 bits per heavy atom. The van der Waals surface area contributed by atoms with Gasteiger partial charge in [0.15, 0.2) is 11.6 Å². The molecular weight excluding hydrogens is 358 g/mol. The standard InChI is InChI=1S/C25H21N3O/c1-25(2,3)24-27-22(16-10-5-4-6-11-16)26-23(28-24)18-13-9-15-20-21(18)17-12-7-8-14-19(17)29-20/h4-15H,1-3H3. The number of hydrogen-bond acceptors (Lipinski definition) is 4. The number of hydrogen-bond donors (Lipinski definition) is 0. The van der Waals surface area contributed by atoms with Gasteiger partial charge in [-0.15, -0.1) is 0 Å². The Labute approximate surface area is 169 Å². The number of furan rings is 1. The van der Waals surface area contributed by atoms with Gasteiger partial charge in [-0.2, -0.15) is 0 Å². The maximum Gasteiger partial charge on any atom is 0.164 e. The summed E-state index contributed by atoms with van der Waals surface area (Å²) in [5.74, 6) is 2.12. The first kappa shape index (κ1) is 17.6. The number of benzene rings is 3. The number of fused-ring (bicyclic) bond motifs is 3. The summed E-state index contributed by atoms with van der Waals surface area (Å²) in [7, 11) is 0. The Morgan fingerprint density at radius 3 is 2.14 bits per heavy atom. The topological polar surface area (TPSA) is 51.8 Å². The lowest BCUT2D eigenvalue weighted by atomic mass is 9.95. The molecule has 0 fully saturated rings. The molecule has 0 unspecified atom stereocenters. The van der Waals surface area contributed by atoms with Crippen molar-refractivity contribution in [3.63, 3.8) is 0 Å². The molecule has 0 atom stereocenters. The molecule has 3 aromatic carbocycles. The van der Waals surface area contributed by atoms with Gasteiger partial charge in [0.05, 0.1) is 0 Å². The Kier molecular flexibility index (Phi) is 3.95. The number of para-hydroxylation sites is 1. The van der Waals surface area contributed by atoms with Gasteiger partial charge in [0.1, 0.15) is 17.0 Å². The van der Waals surface area contributed by atoms with E-state index in [-0.39, 0.29) is 5.41 Å². The second kappa shape index (κ2) is 6.52. The molecule has 2 aromatic heterocycles. The molecule has 0 aliphatic rings. The summed E-state index contributed by atoms with van der Waals surface area (Å²) in [6.45, 7) is 6.36. The van der Waals surface area contributed by atoms with Crippen LogP contribution in [0.15, 0.2) is 77.2 Å². The molecule has 0 saturated heterocycles. The molecule has 0 saturated carbocycles. The molecule has 2 heterocycles. The average molecular weight is 379 g/mol. The molecule has 4 heteroatoms. The van der Waals surface area contributed by atoms with E-state index >= 15 is 0 Å². The van der Waals surface area contributed by atoms with Crippen molar-refractivity contribution in [2.24, 2.45) is 0 Å². The summed E-state index contributed by atoms with van der Waals surface area (Å²) in [6, 6.07) is 24.2. The minimum absolute atomic E-state index is 0.201. The zero-order valence-corrected chi connectivity index (χ0v) is 16.7. The van der Waals surface area contributed by atoms with E-state index in [1.807, 2.05) is 60.7 Å². The first-order valence-corrected chi connectivity index (χ1v) is 9.73. The van der Waals surface area contributed by atoms with Crippen molar-refractivity contribution in [2.45, 2.75) is 26.2 Å². The first-order chi connectivity index (χ1) is 14.0. The monoisotopic (exact) mass is 379 g/mol. The highest BCUT2D eigenvalue weighted by molar-refractivity contribution is 6.11. The summed E-state index contributed by atoms with van der Waals surface area (Å²) in [6.07, 6.45) is 0. The third-order valence-electron chi connectivity index (χ3n) is 4.98. The van der Waals surface area contributed by atoms with Crippen LogP contribution in [0.4, 0.5) is 0 Å². The maximum atomic E-state index is 6.06. The normalized spacial score (nSPS) is 12.0. The van der Waals surface area contributed by atoms with Crippen LogP contribution < -0.4 is 0 Å².